The number of carbonyl (C=O) groups is 1. The Kier molecular flexibility index (Phi) is 5.92. The van der Waals surface area contributed by atoms with E-state index in [9.17, 15) is 4.79 Å². The van der Waals surface area contributed by atoms with Crippen molar-refractivity contribution in [1.82, 2.24) is 5.32 Å². The minimum absolute atomic E-state index is 0.206. The second-order valence-electron chi connectivity index (χ2n) is 4.23. The van der Waals surface area contributed by atoms with Crippen LogP contribution in [0.15, 0.2) is 43.1 Å². The molecule has 0 aliphatic rings. The van der Waals surface area contributed by atoms with Gasteiger partial charge in [0.25, 0.3) is 0 Å². The van der Waals surface area contributed by atoms with Gasteiger partial charge < -0.3 is 5.32 Å². The number of hydrogen-bond donors (Lipinski definition) is 1. The lowest BCUT2D eigenvalue weighted by Gasteiger charge is -2.07. The van der Waals surface area contributed by atoms with E-state index in [1.165, 1.54) is 0 Å². The van der Waals surface area contributed by atoms with Crippen LogP contribution in [0.2, 0.25) is 0 Å². The molecule has 0 saturated heterocycles. The fraction of sp³-hybridized carbons (Fsp3) is 0.312. The van der Waals surface area contributed by atoms with Crippen LogP contribution in [0, 0.1) is 0 Å². The van der Waals surface area contributed by atoms with Crippen LogP contribution in [0.5, 0.6) is 0 Å². The highest BCUT2D eigenvalue weighted by atomic mass is 16.1. The number of ketones is 1. The summed E-state index contributed by atoms with van der Waals surface area (Å²) in [4.78, 5) is 11.9. The van der Waals surface area contributed by atoms with Crippen LogP contribution >= 0.6 is 0 Å². The third-order valence-corrected chi connectivity index (χ3v) is 2.71. The Morgan fingerprint density at radius 2 is 2.11 bits per heavy atom. The molecule has 0 radical (unpaired) electrons. The molecule has 0 aliphatic carbocycles. The molecule has 0 atom stereocenters. The molecule has 1 rings (SSSR count). The number of carbonyl (C=O) groups excluding carboxylic acids is 1. The third kappa shape index (κ3) is 4.21. The number of rotatable bonds is 7. The molecule has 18 heavy (non-hydrogen) atoms. The van der Waals surface area contributed by atoms with Gasteiger partial charge in [0.2, 0.25) is 0 Å². The van der Waals surface area contributed by atoms with Crippen molar-refractivity contribution >= 4 is 11.5 Å². The molecule has 0 amide bonds. The lowest BCUT2D eigenvalue weighted by molar-refractivity contribution is 0.0980. The highest BCUT2D eigenvalue weighted by Gasteiger charge is 2.06. The quantitative estimate of drug-likeness (QED) is 0.729. The van der Waals surface area contributed by atoms with E-state index in [1.54, 1.807) is 0 Å². The molecule has 2 nitrogen and oxygen atoms in total. The molecule has 0 aliphatic heterocycles. The topological polar surface area (TPSA) is 29.1 Å². The molecule has 1 N–H and O–H groups in total. The van der Waals surface area contributed by atoms with Crippen molar-refractivity contribution in [3.8, 4) is 0 Å². The predicted molar refractivity (Wildman–Crippen MR) is 77.3 cm³/mol. The Morgan fingerprint density at radius 3 is 2.78 bits per heavy atom. The standard InChI is InChI=1S/C16H21NO/c1-4-6-10-16(18)15-9-7-8-14(12-15)13(3)17-11-5-2/h5,7-9,11-12,17H,3-4,6,10H2,1-2H3/b11-5-. The number of hydrogen-bond acceptors (Lipinski definition) is 2. The monoisotopic (exact) mass is 243 g/mol. The molecule has 0 saturated carbocycles. The van der Waals surface area contributed by atoms with Gasteiger partial charge in [0.15, 0.2) is 5.78 Å². The average molecular weight is 243 g/mol. The summed E-state index contributed by atoms with van der Waals surface area (Å²) in [5.74, 6) is 0.206. The number of unbranched alkanes of at least 4 members (excludes halogenated alkanes) is 1. The molecule has 0 unspecified atom stereocenters. The van der Waals surface area contributed by atoms with Crippen molar-refractivity contribution < 1.29 is 4.79 Å². The van der Waals surface area contributed by atoms with Gasteiger partial charge in [0.1, 0.15) is 0 Å². The largest absolute Gasteiger partial charge is 0.362 e. The van der Waals surface area contributed by atoms with Gasteiger partial charge in [-0.15, -0.1) is 0 Å². The lowest BCUT2D eigenvalue weighted by Crippen LogP contribution is -2.04. The summed E-state index contributed by atoms with van der Waals surface area (Å²) in [7, 11) is 0. The van der Waals surface area contributed by atoms with Gasteiger partial charge in [0, 0.05) is 17.7 Å². The molecule has 2 heteroatoms. The Bertz CT molecular complexity index is 446. The third-order valence-electron chi connectivity index (χ3n) is 2.71. The molecule has 0 spiro atoms. The Balaban J connectivity index is 2.78. The number of nitrogens with one attached hydrogen (secondary N) is 1. The smallest absolute Gasteiger partial charge is 0.162 e. The lowest BCUT2D eigenvalue weighted by atomic mass is 10.0. The zero-order chi connectivity index (χ0) is 13.4. The molecule has 0 fully saturated rings. The molecule has 1 aromatic carbocycles. The van der Waals surface area contributed by atoms with Gasteiger partial charge in [-0.2, -0.15) is 0 Å². The van der Waals surface area contributed by atoms with Crippen molar-refractivity contribution in [2.24, 2.45) is 0 Å². The first kappa shape index (κ1) is 14.2. The molecule has 96 valence electrons. The van der Waals surface area contributed by atoms with E-state index in [2.05, 4.69) is 18.8 Å². The number of Topliss-reactive ketones (excluding diaryl/α,β-unsaturated/α-hetero) is 1. The number of benzene rings is 1. The summed E-state index contributed by atoms with van der Waals surface area (Å²) in [5.41, 5.74) is 2.53. The van der Waals surface area contributed by atoms with Gasteiger partial charge >= 0.3 is 0 Å². The summed E-state index contributed by atoms with van der Waals surface area (Å²) < 4.78 is 0. The maximum atomic E-state index is 11.9. The first-order valence-corrected chi connectivity index (χ1v) is 6.39. The van der Waals surface area contributed by atoms with Gasteiger partial charge in [-0.25, -0.2) is 0 Å². The zero-order valence-corrected chi connectivity index (χ0v) is 11.2. The Morgan fingerprint density at radius 1 is 1.39 bits per heavy atom. The van der Waals surface area contributed by atoms with Gasteiger partial charge in [-0.05, 0) is 31.2 Å². The van der Waals surface area contributed by atoms with Crippen LogP contribution in [0.3, 0.4) is 0 Å². The second kappa shape index (κ2) is 7.49. The normalized spacial score (nSPS) is 10.6. The maximum Gasteiger partial charge on any atom is 0.162 e. The molecular formula is C16H21NO. The van der Waals surface area contributed by atoms with Gasteiger partial charge in [-0.1, -0.05) is 44.2 Å². The van der Waals surface area contributed by atoms with Crippen LogP contribution in [0.25, 0.3) is 5.70 Å². The average Bonchev–Trinajstić information content (AvgIpc) is 2.42. The summed E-state index contributed by atoms with van der Waals surface area (Å²) in [6, 6.07) is 7.62. The number of allylic oxidation sites excluding steroid dienone is 1. The molecule has 0 heterocycles. The Hall–Kier alpha value is -1.83. The van der Waals surface area contributed by atoms with Crippen molar-refractivity contribution in [3.05, 3.63) is 54.2 Å². The van der Waals surface area contributed by atoms with Gasteiger partial charge in [0.05, 0.1) is 0 Å². The summed E-state index contributed by atoms with van der Waals surface area (Å²) in [6.07, 6.45) is 6.34. The first-order valence-electron chi connectivity index (χ1n) is 6.39. The summed E-state index contributed by atoms with van der Waals surface area (Å²) >= 11 is 0. The van der Waals surface area contributed by atoms with E-state index < -0.39 is 0 Å². The SMILES string of the molecule is C=C(N/C=C\C)c1cccc(C(=O)CCCC)c1. The van der Waals surface area contributed by atoms with Crippen molar-refractivity contribution in [1.29, 1.82) is 0 Å². The zero-order valence-electron chi connectivity index (χ0n) is 11.2. The fourth-order valence-corrected chi connectivity index (χ4v) is 1.63. The van der Waals surface area contributed by atoms with E-state index in [0.717, 1.165) is 29.7 Å². The van der Waals surface area contributed by atoms with Gasteiger partial charge in [-0.3, -0.25) is 4.79 Å². The van der Waals surface area contributed by atoms with Crippen molar-refractivity contribution in [2.75, 3.05) is 0 Å². The minimum atomic E-state index is 0.206. The molecule has 1 aromatic rings. The highest BCUT2D eigenvalue weighted by molar-refractivity contribution is 5.96. The fourth-order valence-electron chi connectivity index (χ4n) is 1.63. The van der Waals surface area contributed by atoms with E-state index in [1.807, 2.05) is 43.5 Å². The van der Waals surface area contributed by atoms with E-state index in [4.69, 9.17) is 0 Å². The first-order chi connectivity index (χ1) is 8.69. The van der Waals surface area contributed by atoms with Crippen LogP contribution in [-0.4, -0.2) is 5.78 Å². The summed E-state index contributed by atoms with van der Waals surface area (Å²) in [6.45, 7) is 7.98. The van der Waals surface area contributed by atoms with Crippen LogP contribution < -0.4 is 5.32 Å². The molecule has 0 aromatic heterocycles. The van der Waals surface area contributed by atoms with E-state index >= 15 is 0 Å². The Labute approximate surface area is 109 Å². The summed E-state index contributed by atoms with van der Waals surface area (Å²) in [5, 5.41) is 3.07. The van der Waals surface area contributed by atoms with Crippen LogP contribution in [-0.2, 0) is 0 Å². The van der Waals surface area contributed by atoms with E-state index in [-0.39, 0.29) is 5.78 Å². The molecule has 0 bridgehead atoms. The highest BCUT2D eigenvalue weighted by Crippen LogP contribution is 2.14. The second-order valence-corrected chi connectivity index (χ2v) is 4.23. The maximum absolute atomic E-state index is 11.9. The van der Waals surface area contributed by atoms with E-state index in [0.29, 0.717) is 6.42 Å². The van der Waals surface area contributed by atoms with Crippen LogP contribution in [0.4, 0.5) is 0 Å². The van der Waals surface area contributed by atoms with Crippen LogP contribution in [0.1, 0.15) is 49.0 Å². The van der Waals surface area contributed by atoms with Crippen molar-refractivity contribution in [3.63, 3.8) is 0 Å². The van der Waals surface area contributed by atoms with Crippen molar-refractivity contribution in [2.45, 2.75) is 33.1 Å². The minimum Gasteiger partial charge on any atom is -0.362 e. The molecular weight excluding hydrogens is 222 g/mol. The predicted octanol–water partition coefficient (Wildman–Crippen LogP) is 4.15.